The largest absolute Gasteiger partial charge is 0.465 e. The van der Waals surface area contributed by atoms with Crippen LogP contribution in [0.4, 0.5) is 0 Å². The molecule has 0 atom stereocenters. The van der Waals surface area contributed by atoms with Gasteiger partial charge in [-0.1, -0.05) is 0 Å². The van der Waals surface area contributed by atoms with Crippen LogP contribution in [-0.4, -0.2) is 22.6 Å². The van der Waals surface area contributed by atoms with Crippen LogP contribution in [0.15, 0.2) is 23.0 Å². The zero-order valence-corrected chi connectivity index (χ0v) is 11.9. The van der Waals surface area contributed by atoms with Gasteiger partial charge in [-0.3, -0.25) is 9.36 Å². The highest BCUT2D eigenvalue weighted by atomic mass is 35.5. The highest BCUT2D eigenvalue weighted by Gasteiger charge is 2.16. The van der Waals surface area contributed by atoms with Gasteiger partial charge >= 0.3 is 5.97 Å². The van der Waals surface area contributed by atoms with Gasteiger partial charge in [-0.2, -0.15) is 0 Å². The molecule has 6 heteroatoms. The van der Waals surface area contributed by atoms with Crippen molar-refractivity contribution in [2.45, 2.75) is 25.8 Å². The summed E-state index contributed by atoms with van der Waals surface area (Å²) < 4.78 is 6.38. The molecule has 106 valence electrons. The van der Waals surface area contributed by atoms with Crippen LogP contribution in [0, 0.1) is 0 Å². The van der Waals surface area contributed by atoms with E-state index in [0.717, 1.165) is 25.1 Å². The van der Waals surface area contributed by atoms with Crippen LogP contribution < -0.4 is 5.56 Å². The lowest BCUT2D eigenvalue weighted by molar-refractivity contribution is 0.0601. The molecule has 3 rings (SSSR count). The summed E-state index contributed by atoms with van der Waals surface area (Å²) in [5, 5.41) is 0.480. The van der Waals surface area contributed by atoms with E-state index in [2.05, 4.69) is 9.72 Å². The lowest BCUT2D eigenvalue weighted by atomic mass is 10.1. The molecule has 1 aromatic carbocycles. The molecule has 1 aliphatic rings. The number of halogens is 1. The summed E-state index contributed by atoms with van der Waals surface area (Å²) in [7, 11) is 1.32. The summed E-state index contributed by atoms with van der Waals surface area (Å²) in [4.78, 5) is 28.4. The van der Waals surface area contributed by atoms with E-state index < -0.39 is 5.97 Å². The number of carbonyl (C=O) groups excluding carboxylic acids is 1. The molecule has 20 heavy (non-hydrogen) atoms. The van der Waals surface area contributed by atoms with Crippen molar-refractivity contribution in [1.29, 1.82) is 0 Å². The molecule has 0 unspecified atom stereocenters. The van der Waals surface area contributed by atoms with Gasteiger partial charge in [0.15, 0.2) is 0 Å². The number of carbonyl (C=O) groups is 1. The molecule has 0 N–H and O–H groups in total. The quantitative estimate of drug-likeness (QED) is 0.754. The number of aromatic nitrogens is 2. The summed E-state index contributed by atoms with van der Waals surface area (Å²) in [5.41, 5.74) is 0.960. The number of methoxy groups -OCH3 is 1. The van der Waals surface area contributed by atoms with Gasteiger partial charge in [0.05, 0.1) is 23.6 Å². The fraction of sp³-hybridized carbons (Fsp3) is 0.357. The third-order valence-corrected chi connectivity index (χ3v) is 3.49. The minimum atomic E-state index is -0.441. The maximum absolute atomic E-state index is 12.4. The van der Waals surface area contributed by atoms with Gasteiger partial charge in [0.1, 0.15) is 5.82 Å². The van der Waals surface area contributed by atoms with Gasteiger partial charge in [-0.05, 0) is 31.0 Å². The molecule has 0 spiro atoms. The van der Waals surface area contributed by atoms with Crippen LogP contribution in [-0.2, 0) is 17.7 Å². The molecule has 5 nitrogen and oxygen atoms in total. The number of hydrogen-bond acceptors (Lipinski definition) is 4. The highest BCUT2D eigenvalue weighted by molar-refractivity contribution is 5.94. The maximum atomic E-state index is 12.4. The van der Waals surface area contributed by atoms with Crippen LogP contribution in [0.1, 0.15) is 29.0 Å². The first kappa shape index (κ1) is 14.5. The number of esters is 1. The molecular formula is C14H15ClN2O3. The number of aryl methyl sites for hydroxylation is 1. The Morgan fingerprint density at radius 3 is 2.90 bits per heavy atom. The third kappa shape index (κ3) is 2.29. The summed E-state index contributed by atoms with van der Waals surface area (Å²) >= 11 is 0. The number of fused-ring (bicyclic) bond motifs is 2. The zero-order valence-electron chi connectivity index (χ0n) is 11.1. The highest BCUT2D eigenvalue weighted by Crippen LogP contribution is 2.16. The van der Waals surface area contributed by atoms with Crippen molar-refractivity contribution in [3.05, 3.63) is 39.9 Å². The molecule has 0 fully saturated rings. The van der Waals surface area contributed by atoms with Gasteiger partial charge in [0.2, 0.25) is 0 Å². The Morgan fingerprint density at radius 1 is 1.35 bits per heavy atom. The average Bonchev–Trinajstić information content (AvgIpc) is 2.46. The summed E-state index contributed by atoms with van der Waals surface area (Å²) in [6, 6.07) is 4.91. The monoisotopic (exact) mass is 294 g/mol. The predicted molar refractivity (Wildman–Crippen MR) is 77.5 cm³/mol. The Kier molecular flexibility index (Phi) is 4.09. The Bertz CT molecular complexity index is 724. The maximum Gasteiger partial charge on any atom is 0.337 e. The molecule has 0 amide bonds. The van der Waals surface area contributed by atoms with Crippen LogP contribution in [0.25, 0.3) is 10.9 Å². The minimum Gasteiger partial charge on any atom is -0.465 e. The Morgan fingerprint density at radius 2 is 2.15 bits per heavy atom. The van der Waals surface area contributed by atoms with Crippen molar-refractivity contribution in [2.24, 2.45) is 0 Å². The van der Waals surface area contributed by atoms with E-state index >= 15 is 0 Å². The Labute approximate surface area is 122 Å². The smallest absolute Gasteiger partial charge is 0.337 e. The molecule has 2 aromatic rings. The van der Waals surface area contributed by atoms with Crippen LogP contribution >= 0.6 is 12.4 Å². The number of nitrogens with zero attached hydrogens (tertiary/aromatic N) is 2. The van der Waals surface area contributed by atoms with E-state index in [0.29, 0.717) is 23.0 Å². The number of benzene rings is 1. The van der Waals surface area contributed by atoms with Crippen molar-refractivity contribution >= 4 is 29.3 Å². The number of rotatable bonds is 1. The molecule has 0 aliphatic carbocycles. The van der Waals surface area contributed by atoms with Gasteiger partial charge in [-0.25, -0.2) is 9.78 Å². The van der Waals surface area contributed by atoms with Gasteiger partial charge in [0, 0.05) is 13.0 Å². The van der Waals surface area contributed by atoms with Gasteiger partial charge < -0.3 is 4.74 Å². The standard InChI is InChI=1S/C14H14N2O3.ClH/c1-19-14(18)9-5-6-11-10(8-9)13(17)16-7-3-2-4-12(16)15-11;/h5-6,8H,2-4,7H2,1H3;1H. The first-order valence-corrected chi connectivity index (χ1v) is 6.32. The Hall–Kier alpha value is -1.88. The van der Waals surface area contributed by atoms with Gasteiger partial charge in [0.25, 0.3) is 5.56 Å². The van der Waals surface area contributed by atoms with E-state index in [4.69, 9.17) is 0 Å². The second-order valence-corrected chi connectivity index (χ2v) is 4.67. The van der Waals surface area contributed by atoms with Crippen LogP contribution in [0.2, 0.25) is 0 Å². The number of ether oxygens (including phenoxy) is 1. The normalized spacial score (nSPS) is 13.4. The van der Waals surface area contributed by atoms with E-state index in [1.807, 2.05) is 0 Å². The second-order valence-electron chi connectivity index (χ2n) is 4.67. The van der Waals surface area contributed by atoms with Gasteiger partial charge in [-0.15, -0.1) is 12.4 Å². The first-order chi connectivity index (χ1) is 9.20. The molecule has 1 aliphatic heterocycles. The van der Waals surface area contributed by atoms with Crippen molar-refractivity contribution in [2.75, 3.05) is 7.11 Å². The molecule has 0 radical (unpaired) electrons. The third-order valence-electron chi connectivity index (χ3n) is 3.49. The van der Waals surface area contributed by atoms with Crippen LogP contribution in [0.3, 0.4) is 0 Å². The van der Waals surface area contributed by atoms with E-state index in [-0.39, 0.29) is 18.0 Å². The molecule has 2 heterocycles. The lowest BCUT2D eigenvalue weighted by Crippen LogP contribution is -2.28. The minimum absolute atomic E-state index is 0. The molecule has 1 aromatic heterocycles. The second kappa shape index (κ2) is 5.63. The van der Waals surface area contributed by atoms with E-state index in [1.165, 1.54) is 7.11 Å². The van der Waals surface area contributed by atoms with Crippen molar-refractivity contribution < 1.29 is 9.53 Å². The number of hydrogen-bond donors (Lipinski definition) is 0. The summed E-state index contributed by atoms with van der Waals surface area (Å²) in [6.07, 6.45) is 2.90. The van der Waals surface area contributed by atoms with Crippen molar-refractivity contribution in [3.8, 4) is 0 Å². The van der Waals surface area contributed by atoms with Crippen molar-refractivity contribution in [3.63, 3.8) is 0 Å². The lowest BCUT2D eigenvalue weighted by Gasteiger charge is -2.17. The summed E-state index contributed by atoms with van der Waals surface area (Å²) in [5.74, 6) is 0.401. The molecule has 0 saturated heterocycles. The summed E-state index contributed by atoms with van der Waals surface area (Å²) in [6.45, 7) is 0.708. The topological polar surface area (TPSA) is 61.2 Å². The molecule has 0 bridgehead atoms. The first-order valence-electron chi connectivity index (χ1n) is 6.32. The fourth-order valence-corrected chi connectivity index (χ4v) is 2.49. The molecular weight excluding hydrogens is 280 g/mol. The Balaban J connectivity index is 0.00000147. The predicted octanol–water partition coefficient (Wildman–Crippen LogP) is 1.94. The average molecular weight is 295 g/mol. The fourth-order valence-electron chi connectivity index (χ4n) is 2.49. The molecule has 0 saturated carbocycles. The zero-order chi connectivity index (χ0) is 13.4. The van der Waals surface area contributed by atoms with E-state index in [1.54, 1.807) is 22.8 Å². The SMILES string of the molecule is COC(=O)c1ccc2nc3n(c(=O)c2c1)CCCC3.Cl. The van der Waals surface area contributed by atoms with Crippen molar-refractivity contribution in [1.82, 2.24) is 9.55 Å². The van der Waals surface area contributed by atoms with E-state index in [9.17, 15) is 9.59 Å². The van der Waals surface area contributed by atoms with Crippen LogP contribution in [0.5, 0.6) is 0 Å².